The Morgan fingerprint density at radius 2 is 2.31 bits per heavy atom. The lowest BCUT2D eigenvalue weighted by Crippen LogP contribution is -2.06. The third kappa shape index (κ3) is 2.97. The predicted molar refractivity (Wildman–Crippen MR) is 63.5 cm³/mol. The molecular formula is C12H12N2OS. The van der Waals surface area contributed by atoms with Gasteiger partial charge in [0.15, 0.2) is 0 Å². The molecule has 0 aliphatic carbocycles. The summed E-state index contributed by atoms with van der Waals surface area (Å²) in [6.07, 6.45) is 4.29. The van der Waals surface area contributed by atoms with Gasteiger partial charge in [-0.1, -0.05) is 6.07 Å². The van der Waals surface area contributed by atoms with Gasteiger partial charge in [-0.15, -0.1) is 11.3 Å². The minimum Gasteiger partial charge on any atom is -0.299 e. The summed E-state index contributed by atoms with van der Waals surface area (Å²) in [6.45, 7) is 1.94. The van der Waals surface area contributed by atoms with Gasteiger partial charge < -0.3 is 0 Å². The predicted octanol–water partition coefficient (Wildman–Crippen LogP) is 2.20. The number of ketones is 1. The zero-order chi connectivity index (χ0) is 11.4. The molecule has 0 unspecified atom stereocenters. The molecule has 0 fully saturated rings. The molecule has 0 radical (unpaired) electrons. The van der Waals surface area contributed by atoms with Crippen molar-refractivity contribution in [2.45, 2.75) is 19.8 Å². The highest BCUT2D eigenvalue weighted by atomic mass is 32.1. The molecule has 0 N–H and O–H groups in total. The molecule has 0 aliphatic rings. The van der Waals surface area contributed by atoms with E-state index in [0.29, 0.717) is 12.8 Å². The van der Waals surface area contributed by atoms with Crippen LogP contribution in [0.15, 0.2) is 29.9 Å². The first-order valence-corrected chi connectivity index (χ1v) is 5.93. The minimum absolute atomic E-state index is 0.183. The molecular weight excluding hydrogens is 220 g/mol. The van der Waals surface area contributed by atoms with E-state index in [-0.39, 0.29) is 5.78 Å². The maximum Gasteiger partial charge on any atom is 0.144 e. The first-order chi connectivity index (χ1) is 7.74. The first-order valence-electron chi connectivity index (χ1n) is 5.05. The minimum atomic E-state index is 0.183. The van der Waals surface area contributed by atoms with E-state index in [1.807, 2.05) is 24.4 Å². The highest BCUT2D eigenvalue weighted by Gasteiger charge is 2.07. The lowest BCUT2D eigenvalue weighted by molar-refractivity contribution is -0.117. The van der Waals surface area contributed by atoms with Crippen molar-refractivity contribution in [3.8, 4) is 0 Å². The SMILES string of the molecule is Cc1csc(CC(=O)Cc2cccnc2)n1. The fourth-order valence-electron chi connectivity index (χ4n) is 1.45. The number of rotatable bonds is 4. The first kappa shape index (κ1) is 11.0. The second kappa shape index (κ2) is 4.99. The summed E-state index contributed by atoms with van der Waals surface area (Å²) in [5.41, 5.74) is 1.94. The van der Waals surface area contributed by atoms with E-state index in [0.717, 1.165) is 16.3 Å². The van der Waals surface area contributed by atoms with Gasteiger partial charge in [-0.3, -0.25) is 9.78 Å². The van der Waals surface area contributed by atoms with Crippen molar-refractivity contribution in [2.75, 3.05) is 0 Å². The molecule has 0 aromatic carbocycles. The number of nitrogens with zero attached hydrogens (tertiary/aromatic N) is 2. The number of aromatic nitrogens is 2. The van der Waals surface area contributed by atoms with E-state index in [2.05, 4.69) is 9.97 Å². The average Bonchev–Trinajstić information content (AvgIpc) is 2.65. The molecule has 0 amide bonds. The number of hydrogen-bond donors (Lipinski definition) is 0. The van der Waals surface area contributed by atoms with Crippen LogP contribution in [0.25, 0.3) is 0 Å². The average molecular weight is 232 g/mol. The Balaban J connectivity index is 1.95. The van der Waals surface area contributed by atoms with Gasteiger partial charge in [0.1, 0.15) is 10.8 Å². The number of pyridine rings is 1. The summed E-state index contributed by atoms with van der Waals surface area (Å²) in [5, 5.41) is 2.86. The van der Waals surface area contributed by atoms with E-state index in [1.165, 1.54) is 0 Å². The monoisotopic (exact) mass is 232 g/mol. The molecule has 82 valence electrons. The fourth-order valence-corrected chi connectivity index (χ4v) is 2.25. The Bertz CT molecular complexity index is 479. The Hall–Kier alpha value is -1.55. The second-order valence-corrected chi connectivity index (χ2v) is 4.58. The van der Waals surface area contributed by atoms with Crippen molar-refractivity contribution in [1.29, 1.82) is 0 Å². The van der Waals surface area contributed by atoms with Crippen molar-refractivity contribution in [1.82, 2.24) is 9.97 Å². The topological polar surface area (TPSA) is 42.9 Å². The van der Waals surface area contributed by atoms with Crippen LogP contribution in [0, 0.1) is 6.92 Å². The zero-order valence-corrected chi connectivity index (χ0v) is 9.83. The number of thiazole rings is 1. The molecule has 0 spiro atoms. The van der Waals surface area contributed by atoms with E-state index in [1.54, 1.807) is 23.7 Å². The molecule has 0 atom stereocenters. The molecule has 2 heterocycles. The van der Waals surface area contributed by atoms with Gasteiger partial charge in [0.25, 0.3) is 0 Å². The van der Waals surface area contributed by atoms with Crippen LogP contribution in [0.4, 0.5) is 0 Å². The number of aryl methyl sites for hydroxylation is 1. The highest BCUT2D eigenvalue weighted by molar-refractivity contribution is 7.09. The molecule has 2 rings (SSSR count). The molecule has 2 aromatic rings. The third-order valence-electron chi connectivity index (χ3n) is 2.14. The number of carbonyl (C=O) groups excluding carboxylic acids is 1. The zero-order valence-electron chi connectivity index (χ0n) is 9.01. The van der Waals surface area contributed by atoms with Crippen LogP contribution in [-0.2, 0) is 17.6 Å². The van der Waals surface area contributed by atoms with Crippen molar-refractivity contribution >= 4 is 17.1 Å². The van der Waals surface area contributed by atoms with Gasteiger partial charge in [-0.25, -0.2) is 4.98 Å². The molecule has 3 nitrogen and oxygen atoms in total. The van der Waals surface area contributed by atoms with Gasteiger partial charge in [-0.2, -0.15) is 0 Å². The maximum atomic E-state index is 11.7. The molecule has 0 aliphatic heterocycles. The summed E-state index contributed by atoms with van der Waals surface area (Å²) in [5.74, 6) is 0.183. The highest BCUT2D eigenvalue weighted by Crippen LogP contribution is 2.10. The summed E-state index contributed by atoms with van der Waals surface area (Å²) in [4.78, 5) is 20.0. The lowest BCUT2D eigenvalue weighted by atomic mass is 10.1. The van der Waals surface area contributed by atoms with Gasteiger partial charge >= 0.3 is 0 Å². The Kier molecular flexibility index (Phi) is 3.41. The Morgan fingerprint density at radius 3 is 2.94 bits per heavy atom. The summed E-state index contributed by atoms with van der Waals surface area (Å²) in [6, 6.07) is 3.76. The Labute approximate surface area is 98.2 Å². The molecule has 2 aromatic heterocycles. The van der Waals surface area contributed by atoms with Crippen LogP contribution in [-0.4, -0.2) is 15.8 Å². The number of hydrogen-bond acceptors (Lipinski definition) is 4. The van der Waals surface area contributed by atoms with Crippen molar-refractivity contribution in [3.63, 3.8) is 0 Å². The summed E-state index contributed by atoms with van der Waals surface area (Å²) < 4.78 is 0. The summed E-state index contributed by atoms with van der Waals surface area (Å²) in [7, 11) is 0. The van der Waals surface area contributed by atoms with Gasteiger partial charge in [0.05, 0.1) is 6.42 Å². The van der Waals surface area contributed by atoms with Gasteiger partial charge in [-0.05, 0) is 18.6 Å². The number of carbonyl (C=O) groups is 1. The lowest BCUT2D eigenvalue weighted by Gasteiger charge is -1.98. The van der Waals surface area contributed by atoms with Crippen LogP contribution >= 0.6 is 11.3 Å². The third-order valence-corrected chi connectivity index (χ3v) is 3.11. The van der Waals surface area contributed by atoms with Crippen LogP contribution in [0.1, 0.15) is 16.3 Å². The van der Waals surface area contributed by atoms with E-state index < -0.39 is 0 Å². The van der Waals surface area contributed by atoms with Crippen molar-refractivity contribution in [2.24, 2.45) is 0 Å². The van der Waals surface area contributed by atoms with Crippen molar-refractivity contribution < 1.29 is 4.79 Å². The summed E-state index contributed by atoms with van der Waals surface area (Å²) >= 11 is 1.54. The van der Waals surface area contributed by atoms with E-state index in [4.69, 9.17) is 0 Å². The normalized spacial score (nSPS) is 10.3. The fraction of sp³-hybridized carbons (Fsp3) is 0.250. The molecule has 16 heavy (non-hydrogen) atoms. The van der Waals surface area contributed by atoms with Gasteiger partial charge in [0, 0.05) is 29.9 Å². The maximum absolute atomic E-state index is 11.7. The second-order valence-electron chi connectivity index (χ2n) is 3.64. The van der Waals surface area contributed by atoms with Crippen LogP contribution in [0.3, 0.4) is 0 Å². The van der Waals surface area contributed by atoms with E-state index >= 15 is 0 Å². The van der Waals surface area contributed by atoms with Crippen LogP contribution < -0.4 is 0 Å². The van der Waals surface area contributed by atoms with Crippen molar-refractivity contribution in [3.05, 3.63) is 46.2 Å². The Morgan fingerprint density at radius 1 is 1.44 bits per heavy atom. The number of Topliss-reactive ketones (excluding diaryl/α,β-unsaturated/α-hetero) is 1. The smallest absolute Gasteiger partial charge is 0.144 e. The molecule has 0 saturated heterocycles. The molecule has 4 heteroatoms. The molecule has 0 bridgehead atoms. The molecule has 0 saturated carbocycles. The van der Waals surface area contributed by atoms with Gasteiger partial charge in [0.2, 0.25) is 0 Å². The quantitative estimate of drug-likeness (QED) is 0.811. The van der Waals surface area contributed by atoms with Crippen LogP contribution in [0.2, 0.25) is 0 Å². The van der Waals surface area contributed by atoms with Crippen LogP contribution in [0.5, 0.6) is 0 Å². The van der Waals surface area contributed by atoms with E-state index in [9.17, 15) is 4.79 Å². The largest absolute Gasteiger partial charge is 0.299 e. The standard InChI is InChI=1S/C12H12N2OS/c1-9-8-16-12(14-9)6-11(15)5-10-3-2-4-13-7-10/h2-4,7-8H,5-6H2,1H3.